The van der Waals surface area contributed by atoms with Gasteiger partial charge in [0.05, 0.1) is 6.61 Å². The largest absolute Gasteiger partial charge is 0.380 e. The molecule has 17 heavy (non-hydrogen) atoms. The Morgan fingerprint density at radius 3 is 2.88 bits per heavy atom. The molecule has 2 nitrogen and oxygen atoms in total. The van der Waals surface area contributed by atoms with Gasteiger partial charge in [-0.1, -0.05) is 19.4 Å². The molecule has 0 unspecified atom stereocenters. The minimum atomic E-state index is -0.174. The van der Waals surface area contributed by atoms with Crippen LogP contribution in [0.5, 0.6) is 0 Å². The van der Waals surface area contributed by atoms with Crippen molar-refractivity contribution in [1.82, 2.24) is 5.32 Å². The van der Waals surface area contributed by atoms with Gasteiger partial charge in [0.1, 0.15) is 5.82 Å². The van der Waals surface area contributed by atoms with Crippen molar-refractivity contribution in [3.8, 4) is 0 Å². The number of rotatable bonds is 8. The maximum Gasteiger partial charge on any atom is 0.123 e. The molecule has 1 aromatic carbocycles. The number of halogens is 1. The maximum atomic E-state index is 13.0. The van der Waals surface area contributed by atoms with E-state index in [1.54, 1.807) is 6.07 Å². The van der Waals surface area contributed by atoms with Crippen molar-refractivity contribution in [3.63, 3.8) is 0 Å². The van der Waals surface area contributed by atoms with Crippen LogP contribution in [0.25, 0.3) is 0 Å². The van der Waals surface area contributed by atoms with Crippen LogP contribution in [-0.2, 0) is 11.3 Å². The molecule has 0 saturated carbocycles. The van der Waals surface area contributed by atoms with E-state index in [4.69, 9.17) is 4.74 Å². The molecule has 0 bridgehead atoms. The van der Waals surface area contributed by atoms with E-state index in [1.807, 2.05) is 13.0 Å². The van der Waals surface area contributed by atoms with E-state index in [2.05, 4.69) is 12.2 Å². The zero-order valence-electron chi connectivity index (χ0n) is 10.8. The second-order valence-electron chi connectivity index (χ2n) is 4.21. The van der Waals surface area contributed by atoms with Crippen molar-refractivity contribution < 1.29 is 9.13 Å². The number of benzene rings is 1. The van der Waals surface area contributed by atoms with Crippen LogP contribution in [0, 0.1) is 12.7 Å². The molecule has 0 heterocycles. The summed E-state index contributed by atoms with van der Waals surface area (Å²) in [6, 6.07) is 4.89. The topological polar surface area (TPSA) is 21.3 Å². The van der Waals surface area contributed by atoms with Crippen LogP contribution in [0.2, 0.25) is 0 Å². The Morgan fingerprint density at radius 1 is 1.29 bits per heavy atom. The lowest BCUT2D eigenvalue weighted by atomic mass is 10.1. The van der Waals surface area contributed by atoms with E-state index in [0.29, 0.717) is 13.2 Å². The summed E-state index contributed by atoms with van der Waals surface area (Å²) in [5.41, 5.74) is 2.13. The predicted molar refractivity (Wildman–Crippen MR) is 68.6 cm³/mol. The van der Waals surface area contributed by atoms with Crippen LogP contribution < -0.4 is 5.32 Å². The number of ether oxygens (including phenoxy) is 1. The highest BCUT2D eigenvalue weighted by Gasteiger charge is 1.99. The van der Waals surface area contributed by atoms with Crippen LogP contribution in [-0.4, -0.2) is 19.8 Å². The van der Waals surface area contributed by atoms with Gasteiger partial charge in [-0.05, 0) is 36.6 Å². The quantitative estimate of drug-likeness (QED) is 0.704. The average molecular weight is 239 g/mol. The van der Waals surface area contributed by atoms with Gasteiger partial charge in [-0.3, -0.25) is 0 Å². The maximum absolute atomic E-state index is 13.0. The molecular weight excluding hydrogens is 217 g/mol. The van der Waals surface area contributed by atoms with Crippen molar-refractivity contribution >= 4 is 0 Å². The lowest BCUT2D eigenvalue weighted by Gasteiger charge is -2.08. The predicted octanol–water partition coefficient (Wildman–Crippen LogP) is 3.04. The van der Waals surface area contributed by atoms with Gasteiger partial charge in [-0.15, -0.1) is 0 Å². The fourth-order valence-corrected chi connectivity index (χ4v) is 1.55. The first-order chi connectivity index (χ1) is 8.24. The summed E-state index contributed by atoms with van der Waals surface area (Å²) in [4.78, 5) is 0. The third kappa shape index (κ3) is 5.80. The zero-order chi connectivity index (χ0) is 12.5. The van der Waals surface area contributed by atoms with E-state index in [-0.39, 0.29) is 5.82 Å². The lowest BCUT2D eigenvalue weighted by molar-refractivity contribution is 0.133. The van der Waals surface area contributed by atoms with E-state index in [1.165, 1.54) is 6.07 Å². The molecule has 0 fully saturated rings. The van der Waals surface area contributed by atoms with Crippen LogP contribution in [0.4, 0.5) is 4.39 Å². The number of unbranched alkanes of at least 4 members (excludes halogenated alkanes) is 1. The minimum Gasteiger partial charge on any atom is -0.380 e. The van der Waals surface area contributed by atoms with Crippen molar-refractivity contribution in [1.29, 1.82) is 0 Å². The highest BCUT2D eigenvalue weighted by atomic mass is 19.1. The molecule has 0 saturated heterocycles. The van der Waals surface area contributed by atoms with Gasteiger partial charge in [-0.25, -0.2) is 4.39 Å². The summed E-state index contributed by atoms with van der Waals surface area (Å²) < 4.78 is 18.4. The first-order valence-corrected chi connectivity index (χ1v) is 6.27. The number of hydrogen-bond donors (Lipinski definition) is 1. The second-order valence-corrected chi connectivity index (χ2v) is 4.21. The highest BCUT2D eigenvalue weighted by Crippen LogP contribution is 2.09. The summed E-state index contributed by atoms with van der Waals surface area (Å²) in [5.74, 6) is -0.174. The molecule has 0 radical (unpaired) electrons. The fraction of sp³-hybridized carbons (Fsp3) is 0.571. The first-order valence-electron chi connectivity index (χ1n) is 6.27. The Morgan fingerprint density at radius 2 is 2.12 bits per heavy atom. The highest BCUT2D eigenvalue weighted by molar-refractivity contribution is 5.26. The Bertz CT molecular complexity index is 328. The van der Waals surface area contributed by atoms with Crippen molar-refractivity contribution in [2.24, 2.45) is 0 Å². The number of aryl methyl sites for hydroxylation is 1. The average Bonchev–Trinajstić information content (AvgIpc) is 2.32. The zero-order valence-corrected chi connectivity index (χ0v) is 10.8. The van der Waals surface area contributed by atoms with Crippen molar-refractivity contribution in [2.45, 2.75) is 33.2 Å². The lowest BCUT2D eigenvalue weighted by Crippen LogP contribution is -2.20. The molecule has 0 aliphatic heterocycles. The molecule has 0 spiro atoms. The normalized spacial score (nSPS) is 10.8. The van der Waals surface area contributed by atoms with Gasteiger partial charge in [0.25, 0.3) is 0 Å². The van der Waals surface area contributed by atoms with Crippen molar-refractivity contribution in [2.75, 3.05) is 19.8 Å². The van der Waals surface area contributed by atoms with E-state index in [9.17, 15) is 4.39 Å². The Labute approximate surface area is 103 Å². The smallest absolute Gasteiger partial charge is 0.123 e. The van der Waals surface area contributed by atoms with Gasteiger partial charge in [0.2, 0.25) is 0 Å². The molecule has 96 valence electrons. The van der Waals surface area contributed by atoms with Gasteiger partial charge < -0.3 is 10.1 Å². The third-order valence-corrected chi connectivity index (χ3v) is 2.69. The Balaban J connectivity index is 2.15. The molecule has 1 rings (SSSR count). The molecule has 1 aromatic rings. The minimum absolute atomic E-state index is 0.174. The first kappa shape index (κ1) is 14.1. The molecule has 0 aliphatic carbocycles. The number of nitrogens with one attached hydrogen (secondary N) is 1. The van der Waals surface area contributed by atoms with Gasteiger partial charge in [0, 0.05) is 19.7 Å². The van der Waals surface area contributed by atoms with Crippen LogP contribution in [0.15, 0.2) is 18.2 Å². The molecular formula is C14H22FNO. The molecule has 0 atom stereocenters. The van der Waals surface area contributed by atoms with Crippen LogP contribution >= 0.6 is 0 Å². The van der Waals surface area contributed by atoms with Crippen LogP contribution in [0.3, 0.4) is 0 Å². The summed E-state index contributed by atoms with van der Waals surface area (Å²) in [7, 11) is 0. The van der Waals surface area contributed by atoms with E-state index in [0.717, 1.165) is 37.1 Å². The Kier molecular flexibility index (Phi) is 6.82. The second kappa shape index (κ2) is 8.20. The standard InChI is InChI=1S/C14H22FNO/c1-3-4-8-17-9-7-16-11-13-10-14(15)6-5-12(13)2/h5-6,10,16H,3-4,7-9,11H2,1-2H3. The summed E-state index contributed by atoms with van der Waals surface area (Å²) >= 11 is 0. The van der Waals surface area contributed by atoms with Crippen molar-refractivity contribution in [3.05, 3.63) is 35.1 Å². The fourth-order valence-electron chi connectivity index (χ4n) is 1.55. The van der Waals surface area contributed by atoms with Gasteiger partial charge in [-0.2, -0.15) is 0 Å². The van der Waals surface area contributed by atoms with Gasteiger partial charge in [0.15, 0.2) is 0 Å². The summed E-state index contributed by atoms with van der Waals surface area (Å²) in [6.07, 6.45) is 2.28. The molecule has 3 heteroatoms. The molecule has 0 amide bonds. The molecule has 1 N–H and O–H groups in total. The van der Waals surface area contributed by atoms with Crippen LogP contribution in [0.1, 0.15) is 30.9 Å². The molecule has 0 aliphatic rings. The van der Waals surface area contributed by atoms with Gasteiger partial charge >= 0.3 is 0 Å². The van der Waals surface area contributed by atoms with E-state index < -0.39 is 0 Å². The SMILES string of the molecule is CCCCOCCNCc1cc(F)ccc1C. The summed E-state index contributed by atoms with van der Waals surface area (Å²) in [5, 5.41) is 3.25. The number of hydrogen-bond acceptors (Lipinski definition) is 2. The van der Waals surface area contributed by atoms with E-state index >= 15 is 0 Å². The summed E-state index contributed by atoms with van der Waals surface area (Å²) in [6.45, 7) is 7.19. The third-order valence-electron chi connectivity index (χ3n) is 2.69. The monoisotopic (exact) mass is 239 g/mol. The molecule has 0 aromatic heterocycles. The Hall–Kier alpha value is -0.930.